The number of aromatic nitrogens is 5. The van der Waals surface area contributed by atoms with Gasteiger partial charge in [-0.2, -0.15) is 14.8 Å². The molecule has 3 rings (SSSR count). The molecular weight excluding hydrogens is 355 g/mol. The summed E-state index contributed by atoms with van der Waals surface area (Å²) < 4.78 is 2.59. The van der Waals surface area contributed by atoms with Crippen LogP contribution < -0.4 is 4.90 Å². The lowest BCUT2D eigenvalue weighted by atomic mass is 10.2. The fourth-order valence-corrected chi connectivity index (χ4v) is 2.33. The van der Waals surface area contributed by atoms with Gasteiger partial charge in [-0.25, -0.2) is 9.97 Å². The third-order valence-corrected chi connectivity index (χ3v) is 3.48. The van der Waals surface area contributed by atoms with E-state index >= 15 is 0 Å². The first-order chi connectivity index (χ1) is 9.16. The Kier molecular flexibility index (Phi) is 3.05. The van der Waals surface area contributed by atoms with E-state index in [0.717, 1.165) is 20.3 Å². The number of hydrogen-bond donors (Lipinski definition) is 0. The molecule has 0 amide bonds. The molecule has 0 radical (unpaired) electrons. The van der Waals surface area contributed by atoms with E-state index in [-0.39, 0.29) is 0 Å². The highest BCUT2D eigenvalue weighted by atomic mass is 127. The molecule has 0 atom stereocenters. The first kappa shape index (κ1) is 12.3. The molecule has 0 aliphatic rings. The molecule has 0 aromatic carbocycles. The second-order valence-corrected chi connectivity index (χ2v) is 5.38. The summed E-state index contributed by atoms with van der Waals surface area (Å²) in [6, 6.07) is 3.87. The fraction of sp³-hybridized carbons (Fsp3) is 0.167. The van der Waals surface area contributed by atoms with Crippen LogP contribution >= 0.6 is 22.6 Å². The van der Waals surface area contributed by atoms with E-state index < -0.39 is 0 Å². The number of anilines is 1. The molecule has 3 aromatic rings. The van der Waals surface area contributed by atoms with Gasteiger partial charge < -0.3 is 4.90 Å². The molecule has 0 aliphatic heterocycles. The summed E-state index contributed by atoms with van der Waals surface area (Å²) in [5.74, 6) is 0.679. The molecule has 0 saturated carbocycles. The monoisotopic (exact) mass is 366 g/mol. The smallest absolute Gasteiger partial charge is 0.225 e. The molecule has 0 saturated heterocycles. The van der Waals surface area contributed by atoms with E-state index in [0.29, 0.717) is 5.95 Å². The summed E-state index contributed by atoms with van der Waals surface area (Å²) >= 11 is 2.23. The van der Waals surface area contributed by atoms with Crippen molar-refractivity contribution < 1.29 is 0 Å². The molecule has 3 heterocycles. The second-order valence-electron chi connectivity index (χ2n) is 4.22. The van der Waals surface area contributed by atoms with Crippen LogP contribution in [0.25, 0.3) is 16.8 Å². The lowest BCUT2D eigenvalue weighted by Gasteiger charge is -2.11. The van der Waals surface area contributed by atoms with E-state index in [1.165, 1.54) is 0 Å². The van der Waals surface area contributed by atoms with Crippen molar-refractivity contribution >= 4 is 34.1 Å². The maximum atomic E-state index is 4.59. The van der Waals surface area contributed by atoms with Gasteiger partial charge in [0.25, 0.3) is 0 Å². The number of halogens is 1. The summed E-state index contributed by atoms with van der Waals surface area (Å²) in [5.41, 5.74) is 2.77. The minimum absolute atomic E-state index is 0.679. The van der Waals surface area contributed by atoms with Crippen molar-refractivity contribution in [2.45, 2.75) is 0 Å². The Hall–Kier alpha value is -1.77. The van der Waals surface area contributed by atoms with Crippen molar-refractivity contribution in [1.82, 2.24) is 24.8 Å². The standard InChI is InChI=1S/C12H11IN6/c1-18(2)12-14-7-9(13)11(17-12)8-6-16-19-10(8)4-3-5-15-19/h3-7H,1-2H3. The maximum absolute atomic E-state index is 4.59. The largest absolute Gasteiger partial charge is 0.347 e. The van der Waals surface area contributed by atoms with Gasteiger partial charge in [-0.1, -0.05) is 0 Å². The molecule has 0 N–H and O–H groups in total. The average Bonchev–Trinajstić information content (AvgIpc) is 2.83. The lowest BCUT2D eigenvalue weighted by molar-refractivity contribution is 0.800. The summed E-state index contributed by atoms with van der Waals surface area (Å²) in [4.78, 5) is 10.8. The molecule has 0 spiro atoms. The highest BCUT2D eigenvalue weighted by Gasteiger charge is 2.13. The van der Waals surface area contributed by atoms with Crippen molar-refractivity contribution in [2.24, 2.45) is 0 Å². The zero-order valence-corrected chi connectivity index (χ0v) is 12.6. The second kappa shape index (κ2) is 4.72. The highest BCUT2D eigenvalue weighted by Crippen LogP contribution is 2.27. The number of hydrogen-bond acceptors (Lipinski definition) is 5. The number of rotatable bonds is 2. The molecule has 3 aromatic heterocycles. The molecular formula is C12H11IN6. The summed E-state index contributed by atoms with van der Waals surface area (Å²) in [6.45, 7) is 0. The normalized spacial score (nSPS) is 10.9. The lowest BCUT2D eigenvalue weighted by Crippen LogP contribution is -2.13. The number of fused-ring (bicyclic) bond motifs is 1. The van der Waals surface area contributed by atoms with E-state index in [4.69, 9.17) is 0 Å². The Morgan fingerprint density at radius 3 is 2.84 bits per heavy atom. The zero-order valence-electron chi connectivity index (χ0n) is 10.4. The van der Waals surface area contributed by atoms with Crippen molar-refractivity contribution in [1.29, 1.82) is 0 Å². The van der Waals surface area contributed by atoms with Crippen LogP contribution in [-0.4, -0.2) is 38.9 Å². The first-order valence-corrected chi connectivity index (χ1v) is 6.74. The van der Waals surface area contributed by atoms with Crippen molar-refractivity contribution in [3.05, 3.63) is 34.3 Å². The summed E-state index contributed by atoms with van der Waals surface area (Å²) in [6.07, 6.45) is 5.31. The maximum Gasteiger partial charge on any atom is 0.225 e. The summed E-state index contributed by atoms with van der Waals surface area (Å²) in [5, 5.41) is 8.40. The zero-order chi connectivity index (χ0) is 13.4. The molecule has 0 aliphatic carbocycles. The Bertz CT molecular complexity index is 736. The molecule has 0 unspecified atom stereocenters. The molecule has 6 nitrogen and oxygen atoms in total. The number of nitrogens with zero attached hydrogens (tertiary/aromatic N) is 6. The topological polar surface area (TPSA) is 59.2 Å². The molecule has 0 fully saturated rings. The van der Waals surface area contributed by atoms with Gasteiger partial charge in [0.1, 0.15) is 0 Å². The third-order valence-electron chi connectivity index (χ3n) is 2.69. The van der Waals surface area contributed by atoms with E-state index in [1.807, 2.05) is 37.3 Å². The van der Waals surface area contributed by atoms with Crippen LogP contribution in [0.4, 0.5) is 5.95 Å². The SMILES string of the molecule is CN(C)c1ncc(I)c(-c2cnn3ncccc23)n1. The van der Waals surface area contributed by atoms with Gasteiger partial charge in [-0.05, 0) is 34.7 Å². The Morgan fingerprint density at radius 1 is 1.21 bits per heavy atom. The van der Waals surface area contributed by atoms with Crippen LogP contribution in [-0.2, 0) is 0 Å². The van der Waals surface area contributed by atoms with Gasteiger partial charge in [0.05, 0.1) is 21.0 Å². The Labute approximate surface area is 123 Å². The average molecular weight is 366 g/mol. The van der Waals surface area contributed by atoms with Gasteiger partial charge in [-0.3, -0.25) is 0 Å². The van der Waals surface area contributed by atoms with Gasteiger partial charge >= 0.3 is 0 Å². The first-order valence-electron chi connectivity index (χ1n) is 5.66. The van der Waals surface area contributed by atoms with Crippen LogP contribution in [0.2, 0.25) is 0 Å². The van der Waals surface area contributed by atoms with E-state index in [2.05, 4.69) is 42.8 Å². The van der Waals surface area contributed by atoms with Gasteiger partial charge in [0, 0.05) is 32.1 Å². The quantitative estimate of drug-likeness (QED) is 0.648. The van der Waals surface area contributed by atoms with Crippen LogP contribution in [0.3, 0.4) is 0 Å². The molecule has 7 heteroatoms. The van der Waals surface area contributed by atoms with Crippen molar-refractivity contribution in [3.8, 4) is 11.3 Å². The fourth-order valence-electron chi connectivity index (χ4n) is 1.78. The van der Waals surface area contributed by atoms with Crippen molar-refractivity contribution in [2.75, 3.05) is 19.0 Å². The van der Waals surface area contributed by atoms with Gasteiger partial charge in [-0.15, -0.1) is 0 Å². The predicted octanol–water partition coefficient (Wildman–Crippen LogP) is 1.86. The minimum atomic E-state index is 0.679. The summed E-state index contributed by atoms with van der Waals surface area (Å²) in [7, 11) is 3.84. The third kappa shape index (κ3) is 2.14. The van der Waals surface area contributed by atoms with Crippen molar-refractivity contribution in [3.63, 3.8) is 0 Å². The highest BCUT2D eigenvalue weighted by molar-refractivity contribution is 14.1. The van der Waals surface area contributed by atoms with Crippen LogP contribution in [0.1, 0.15) is 0 Å². The predicted molar refractivity (Wildman–Crippen MR) is 81.1 cm³/mol. The van der Waals surface area contributed by atoms with E-state index in [9.17, 15) is 0 Å². The molecule has 96 valence electrons. The van der Waals surface area contributed by atoms with Crippen LogP contribution in [0.15, 0.2) is 30.7 Å². The Balaban J connectivity index is 2.23. The van der Waals surface area contributed by atoms with E-state index in [1.54, 1.807) is 17.0 Å². The minimum Gasteiger partial charge on any atom is -0.347 e. The Morgan fingerprint density at radius 2 is 2.05 bits per heavy atom. The molecule has 0 bridgehead atoms. The van der Waals surface area contributed by atoms with Crippen LogP contribution in [0, 0.1) is 3.57 Å². The van der Waals surface area contributed by atoms with Crippen LogP contribution in [0.5, 0.6) is 0 Å². The molecule has 19 heavy (non-hydrogen) atoms. The van der Waals surface area contributed by atoms with Gasteiger partial charge in [0.2, 0.25) is 5.95 Å². The van der Waals surface area contributed by atoms with Gasteiger partial charge in [0.15, 0.2) is 0 Å².